The van der Waals surface area contributed by atoms with Crippen molar-refractivity contribution in [3.05, 3.63) is 32.3 Å². The standard InChI is InChI=1S/C10H10BrClN2O2/c11-8-5-7-1-3-13(4-2-12)9(7)6-10(8)14(15)16/h5-6H,1-4H2. The van der Waals surface area contributed by atoms with Crippen LogP contribution in [0, 0.1) is 10.1 Å². The zero-order valence-corrected chi connectivity index (χ0v) is 10.8. The predicted molar refractivity (Wildman–Crippen MR) is 67.4 cm³/mol. The number of halogens is 2. The van der Waals surface area contributed by atoms with Gasteiger partial charge in [-0.2, -0.15) is 0 Å². The summed E-state index contributed by atoms with van der Waals surface area (Å²) in [6, 6.07) is 3.46. The van der Waals surface area contributed by atoms with Gasteiger partial charge in [-0.15, -0.1) is 11.6 Å². The third-order valence-corrected chi connectivity index (χ3v) is 3.50. The Morgan fingerprint density at radius 2 is 2.31 bits per heavy atom. The number of nitro groups is 1. The third kappa shape index (κ3) is 2.01. The van der Waals surface area contributed by atoms with E-state index in [1.807, 2.05) is 6.07 Å². The zero-order valence-electron chi connectivity index (χ0n) is 8.45. The van der Waals surface area contributed by atoms with E-state index in [1.165, 1.54) is 0 Å². The SMILES string of the molecule is O=[N+]([O-])c1cc2c(cc1Br)CCN2CCCl. The molecule has 0 bridgehead atoms. The number of fused-ring (bicyclic) bond motifs is 1. The molecule has 6 heteroatoms. The lowest BCUT2D eigenvalue weighted by atomic mass is 10.1. The average Bonchev–Trinajstić information content (AvgIpc) is 2.60. The van der Waals surface area contributed by atoms with Crippen LogP contribution < -0.4 is 4.90 Å². The van der Waals surface area contributed by atoms with Crippen molar-refractivity contribution >= 4 is 38.9 Å². The molecule has 0 unspecified atom stereocenters. The molecule has 16 heavy (non-hydrogen) atoms. The molecule has 1 aliphatic rings. The molecule has 0 saturated heterocycles. The lowest BCUT2D eigenvalue weighted by molar-refractivity contribution is -0.385. The molecule has 0 N–H and O–H groups in total. The summed E-state index contributed by atoms with van der Waals surface area (Å²) < 4.78 is 0.545. The van der Waals surface area contributed by atoms with E-state index >= 15 is 0 Å². The van der Waals surface area contributed by atoms with Crippen LogP contribution >= 0.6 is 27.5 Å². The second kappa shape index (κ2) is 4.59. The van der Waals surface area contributed by atoms with Gasteiger partial charge in [-0.05, 0) is 34.0 Å². The number of anilines is 1. The highest BCUT2D eigenvalue weighted by atomic mass is 79.9. The van der Waals surface area contributed by atoms with Gasteiger partial charge in [0.05, 0.1) is 9.40 Å². The minimum atomic E-state index is -0.373. The first-order valence-electron chi connectivity index (χ1n) is 4.91. The molecule has 1 aromatic rings. The number of hydrogen-bond donors (Lipinski definition) is 0. The van der Waals surface area contributed by atoms with Crippen LogP contribution in [0.25, 0.3) is 0 Å². The van der Waals surface area contributed by atoms with Crippen molar-refractivity contribution in [3.8, 4) is 0 Å². The molecule has 0 fully saturated rings. The first-order valence-corrected chi connectivity index (χ1v) is 6.24. The van der Waals surface area contributed by atoms with Gasteiger partial charge in [0.1, 0.15) is 0 Å². The van der Waals surface area contributed by atoms with E-state index in [0.717, 1.165) is 30.8 Å². The van der Waals surface area contributed by atoms with Crippen LogP contribution in [0.1, 0.15) is 5.56 Å². The van der Waals surface area contributed by atoms with Gasteiger partial charge in [0, 0.05) is 30.7 Å². The summed E-state index contributed by atoms with van der Waals surface area (Å²) >= 11 is 8.92. The van der Waals surface area contributed by atoms with Gasteiger partial charge in [0.2, 0.25) is 0 Å². The van der Waals surface area contributed by atoms with Crippen LogP contribution in [0.5, 0.6) is 0 Å². The maximum absolute atomic E-state index is 10.8. The van der Waals surface area contributed by atoms with E-state index in [4.69, 9.17) is 11.6 Å². The Hall–Kier alpha value is -0.810. The van der Waals surface area contributed by atoms with Crippen LogP contribution in [0.15, 0.2) is 16.6 Å². The van der Waals surface area contributed by atoms with Crippen LogP contribution in [-0.2, 0) is 6.42 Å². The topological polar surface area (TPSA) is 46.4 Å². The molecule has 1 heterocycles. The highest BCUT2D eigenvalue weighted by Crippen LogP contribution is 2.36. The fourth-order valence-electron chi connectivity index (χ4n) is 1.94. The number of nitrogens with zero attached hydrogens (tertiary/aromatic N) is 2. The summed E-state index contributed by atoms with van der Waals surface area (Å²) in [4.78, 5) is 12.5. The van der Waals surface area contributed by atoms with E-state index in [0.29, 0.717) is 10.4 Å². The van der Waals surface area contributed by atoms with Crippen molar-refractivity contribution in [1.82, 2.24) is 0 Å². The van der Waals surface area contributed by atoms with Crippen molar-refractivity contribution in [2.45, 2.75) is 6.42 Å². The summed E-state index contributed by atoms with van der Waals surface area (Å²) in [6.45, 7) is 1.61. The molecule has 0 spiro atoms. The Labute approximate surface area is 106 Å². The average molecular weight is 306 g/mol. The van der Waals surface area contributed by atoms with E-state index in [1.54, 1.807) is 6.07 Å². The maximum Gasteiger partial charge on any atom is 0.285 e. The lowest BCUT2D eigenvalue weighted by Crippen LogP contribution is -2.22. The molecule has 0 saturated carbocycles. The molecule has 0 amide bonds. The van der Waals surface area contributed by atoms with E-state index in [2.05, 4.69) is 20.8 Å². The van der Waals surface area contributed by atoms with E-state index < -0.39 is 0 Å². The Bertz CT molecular complexity index is 439. The predicted octanol–water partition coefficient (Wildman–Crippen LogP) is 2.96. The fourth-order valence-corrected chi connectivity index (χ4v) is 2.68. The number of nitro benzene ring substituents is 1. The molecule has 1 aliphatic heterocycles. The smallest absolute Gasteiger partial charge is 0.285 e. The number of benzene rings is 1. The van der Waals surface area contributed by atoms with Crippen LogP contribution in [-0.4, -0.2) is 23.9 Å². The Morgan fingerprint density at radius 3 is 2.94 bits per heavy atom. The minimum Gasteiger partial charge on any atom is -0.370 e. The Morgan fingerprint density at radius 1 is 1.56 bits per heavy atom. The van der Waals surface area contributed by atoms with Crippen molar-refractivity contribution in [1.29, 1.82) is 0 Å². The number of alkyl halides is 1. The molecule has 0 radical (unpaired) electrons. The summed E-state index contributed by atoms with van der Waals surface area (Å²) in [7, 11) is 0. The van der Waals surface area contributed by atoms with Crippen molar-refractivity contribution in [2.24, 2.45) is 0 Å². The summed E-state index contributed by atoms with van der Waals surface area (Å²) in [5.41, 5.74) is 2.19. The third-order valence-electron chi connectivity index (χ3n) is 2.69. The van der Waals surface area contributed by atoms with Gasteiger partial charge in [0.15, 0.2) is 0 Å². The largest absolute Gasteiger partial charge is 0.370 e. The number of hydrogen-bond acceptors (Lipinski definition) is 3. The van der Waals surface area contributed by atoms with Crippen LogP contribution in [0.2, 0.25) is 0 Å². The molecule has 1 aromatic carbocycles. The molecule has 86 valence electrons. The van der Waals surface area contributed by atoms with Gasteiger partial charge < -0.3 is 4.90 Å². The van der Waals surface area contributed by atoms with Crippen LogP contribution in [0.4, 0.5) is 11.4 Å². The molecule has 2 rings (SSSR count). The highest BCUT2D eigenvalue weighted by molar-refractivity contribution is 9.10. The molecule has 0 atom stereocenters. The van der Waals surface area contributed by atoms with Crippen molar-refractivity contribution < 1.29 is 4.92 Å². The van der Waals surface area contributed by atoms with Gasteiger partial charge >= 0.3 is 0 Å². The fraction of sp³-hybridized carbons (Fsp3) is 0.400. The second-order valence-electron chi connectivity index (χ2n) is 3.62. The Kier molecular flexibility index (Phi) is 3.35. The summed E-state index contributed by atoms with van der Waals surface area (Å²) in [5.74, 6) is 0.531. The van der Waals surface area contributed by atoms with Crippen molar-refractivity contribution in [2.75, 3.05) is 23.9 Å². The summed E-state index contributed by atoms with van der Waals surface area (Å²) in [6.07, 6.45) is 0.919. The zero-order chi connectivity index (χ0) is 11.7. The summed E-state index contributed by atoms with van der Waals surface area (Å²) in [5, 5.41) is 10.8. The van der Waals surface area contributed by atoms with Crippen LogP contribution in [0.3, 0.4) is 0 Å². The first kappa shape index (κ1) is 11.7. The van der Waals surface area contributed by atoms with E-state index in [-0.39, 0.29) is 10.6 Å². The quantitative estimate of drug-likeness (QED) is 0.490. The lowest BCUT2D eigenvalue weighted by Gasteiger charge is -2.17. The van der Waals surface area contributed by atoms with E-state index in [9.17, 15) is 10.1 Å². The molecular formula is C10H10BrClN2O2. The van der Waals surface area contributed by atoms with Gasteiger partial charge in [-0.3, -0.25) is 10.1 Å². The van der Waals surface area contributed by atoms with Gasteiger partial charge in [-0.25, -0.2) is 0 Å². The first-order chi connectivity index (χ1) is 7.63. The van der Waals surface area contributed by atoms with Gasteiger partial charge in [0.25, 0.3) is 5.69 Å². The Balaban J connectivity index is 2.42. The van der Waals surface area contributed by atoms with Gasteiger partial charge in [-0.1, -0.05) is 0 Å². The molecule has 0 aromatic heterocycles. The monoisotopic (exact) mass is 304 g/mol. The number of rotatable bonds is 3. The normalized spacial score (nSPS) is 14.0. The highest BCUT2D eigenvalue weighted by Gasteiger charge is 2.24. The maximum atomic E-state index is 10.8. The van der Waals surface area contributed by atoms with Crippen molar-refractivity contribution in [3.63, 3.8) is 0 Å². The molecular weight excluding hydrogens is 295 g/mol. The second-order valence-corrected chi connectivity index (χ2v) is 4.85. The minimum absolute atomic E-state index is 0.111. The molecule has 0 aliphatic carbocycles. The molecule has 4 nitrogen and oxygen atoms in total.